The molecule has 39 heavy (non-hydrogen) atoms. The van der Waals surface area contributed by atoms with Crippen LogP contribution in [0.3, 0.4) is 0 Å². The number of carbonyl (C=O) groups is 1. The molecular formula is C32H37ClN4O2. The van der Waals surface area contributed by atoms with Crippen LogP contribution in [0.5, 0.6) is 0 Å². The van der Waals surface area contributed by atoms with Crippen LogP contribution in [0.2, 0.25) is 5.02 Å². The van der Waals surface area contributed by atoms with Crippen molar-refractivity contribution in [2.45, 2.75) is 50.6 Å². The van der Waals surface area contributed by atoms with E-state index in [2.05, 4.69) is 47.0 Å². The molecule has 1 amide bonds. The van der Waals surface area contributed by atoms with Gasteiger partial charge < -0.3 is 19.9 Å². The average Bonchev–Trinajstić information content (AvgIpc) is 3.34. The molecule has 1 fully saturated rings. The lowest BCUT2D eigenvalue weighted by Crippen LogP contribution is -2.42. The Bertz CT molecular complexity index is 1390. The van der Waals surface area contributed by atoms with Crippen molar-refractivity contribution in [3.8, 4) is 11.1 Å². The highest BCUT2D eigenvalue weighted by molar-refractivity contribution is 6.34. The number of rotatable bonds is 10. The molecule has 3 aromatic carbocycles. The fourth-order valence-corrected chi connectivity index (χ4v) is 5.86. The third-order valence-electron chi connectivity index (χ3n) is 7.62. The third-order valence-corrected chi connectivity index (χ3v) is 7.93. The Morgan fingerprint density at radius 2 is 1.85 bits per heavy atom. The number of hydrogen-bond donors (Lipinski definition) is 1. The molecule has 4 aromatic rings. The second kappa shape index (κ2) is 12.8. The van der Waals surface area contributed by atoms with E-state index in [0.717, 1.165) is 54.8 Å². The summed E-state index contributed by atoms with van der Waals surface area (Å²) in [6.45, 7) is 2.90. The number of carbonyl (C=O) groups excluding carboxylic acids is 1. The number of halogens is 1. The second-order valence-electron chi connectivity index (χ2n) is 10.5. The average molecular weight is 545 g/mol. The van der Waals surface area contributed by atoms with Crippen LogP contribution in [0.1, 0.15) is 43.0 Å². The lowest BCUT2D eigenvalue weighted by molar-refractivity contribution is -0.132. The van der Waals surface area contributed by atoms with Gasteiger partial charge in [0.05, 0.1) is 10.5 Å². The van der Waals surface area contributed by atoms with E-state index in [1.54, 1.807) is 7.11 Å². The smallest absolute Gasteiger partial charge is 0.224 e. The van der Waals surface area contributed by atoms with Gasteiger partial charge in [-0.2, -0.15) is 0 Å². The van der Waals surface area contributed by atoms with Crippen molar-refractivity contribution in [2.75, 3.05) is 26.8 Å². The van der Waals surface area contributed by atoms with Gasteiger partial charge in [0, 0.05) is 51.7 Å². The van der Waals surface area contributed by atoms with Crippen LogP contribution in [-0.2, 0) is 22.5 Å². The van der Waals surface area contributed by atoms with Gasteiger partial charge in [-0.15, -0.1) is 0 Å². The molecule has 1 aliphatic heterocycles. The van der Waals surface area contributed by atoms with Crippen molar-refractivity contribution in [3.63, 3.8) is 0 Å². The molecule has 2 atom stereocenters. The number of nitrogens with zero attached hydrogens (tertiary/aromatic N) is 3. The number of imidazole rings is 1. The summed E-state index contributed by atoms with van der Waals surface area (Å²) in [5, 5.41) is 0.658. The number of ether oxygens (including phenoxy) is 1. The number of methoxy groups -OCH3 is 1. The molecule has 6 nitrogen and oxygen atoms in total. The molecule has 2 heterocycles. The van der Waals surface area contributed by atoms with E-state index < -0.39 is 0 Å². The molecule has 0 bridgehead atoms. The number of piperidine rings is 1. The second-order valence-corrected chi connectivity index (χ2v) is 10.9. The van der Waals surface area contributed by atoms with E-state index in [4.69, 9.17) is 27.1 Å². The van der Waals surface area contributed by atoms with Crippen LogP contribution in [-0.4, -0.2) is 53.2 Å². The fourth-order valence-electron chi connectivity index (χ4n) is 5.65. The first-order valence-electron chi connectivity index (χ1n) is 13.8. The van der Waals surface area contributed by atoms with Crippen LogP contribution in [0.15, 0.2) is 72.8 Å². The number of benzene rings is 3. The van der Waals surface area contributed by atoms with Gasteiger partial charge in [-0.25, -0.2) is 4.98 Å². The number of aryl methyl sites for hydroxylation is 1. The van der Waals surface area contributed by atoms with E-state index >= 15 is 0 Å². The minimum absolute atomic E-state index is 0.119. The molecule has 7 heteroatoms. The molecule has 0 aliphatic carbocycles. The molecule has 0 saturated carbocycles. The summed E-state index contributed by atoms with van der Waals surface area (Å²) in [5.41, 5.74) is 11.9. The van der Waals surface area contributed by atoms with Crippen LogP contribution < -0.4 is 5.73 Å². The molecule has 0 spiro atoms. The number of nitrogens with two attached hydrogens (primary N) is 1. The highest BCUT2D eigenvalue weighted by atomic mass is 35.5. The van der Waals surface area contributed by atoms with E-state index in [1.165, 1.54) is 11.1 Å². The molecule has 0 radical (unpaired) electrons. The summed E-state index contributed by atoms with van der Waals surface area (Å²) in [4.78, 5) is 20.3. The Hall–Kier alpha value is -3.19. The summed E-state index contributed by atoms with van der Waals surface area (Å²) in [5.74, 6) is 1.29. The standard InChI is InChI=1S/C32H37ClN4O2/c1-39-19-7-18-37-29-12-5-11-28(33)31(29)35-32(37)26-10-6-17-36(22-26)30(38)21-27(34)20-23-13-15-25(16-14-23)24-8-3-2-4-9-24/h2-5,8-9,11-16,26-27H,6-7,10,17-22,34H2,1H3/t26-,27-/m1/s1. The quantitative estimate of drug-likeness (QED) is 0.246. The molecule has 1 saturated heterocycles. The molecule has 1 aromatic heterocycles. The monoisotopic (exact) mass is 544 g/mol. The van der Waals surface area contributed by atoms with Gasteiger partial charge in [-0.1, -0.05) is 72.3 Å². The van der Waals surface area contributed by atoms with Crippen molar-refractivity contribution < 1.29 is 9.53 Å². The Kier molecular flexibility index (Phi) is 8.97. The first-order valence-corrected chi connectivity index (χ1v) is 14.2. The van der Waals surface area contributed by atoms with E-state index in [1.807, 2.05) is 35.2 Å². The molecule has 0 unspecified atom stereocenters. The Morgan fingerprint density at radius 1 is 1.08 bits per heavy atom. The topological polar surface area (TPSA) is 73.4 Å². The number of para-hydroxylation sites is 1. The molecular weight excluding hydrogens is 508 g/mol. The highest BCUT2D eigenvalue weighted by Crippen LogP contribution is 2.32. The minimum Gasteiger partial charge on any atom is -0.385 e. The van der Waals surface area contributed by atoms with Gasteiger partial charge in [0.1, 0.15) is 11.3 Å². The lowest BCUT2D eigenvalue weighted by atomic mass is 9.95. The van der Waals surface area contributed by atoms with Crippen LogP contribution >= 0.6 is 11.6 Å². The van der Waals surface area contributed by atoms with Gasteiger partial charge in [-0.05, 0) is 54.5 Å². The minimum atomic E-state index is -0.224. The zero-order chi connectivity index (χ0) is 27.2. The third kappa shape index (κ3) is 6.52. The number of hydrogen-bond acceptors (Lipinski definition) is 4. The molecule has 2 N–H and O–H groups in total. The molecule has 1 aliphatic rings. The normalized spacial score (nSPS) is 16.5. The van der Waals surface area contributed by atoms with Gasteiger partial charge in [0.15, 0.2) is 0 Å². The first-order chi connectivity index (χ1) is 19.0. The number of aromatic nitrogens is 2. The van der Waals surface area contributed by atoms with E-state index in [-0.39, 0.29) is 17.9 Å². The van der Waals surface area contributed by atoms with E-state index in [0.29, 0.717) is 31.0 Å². The van der Waals surface area contributed by atoms with Gasteiger partial charge in [0.2, 0.25) is 5.91 Å². The maximum Gasteiger partial charge on any atom is 0.224 e. The molecule has 204 valence electrons. The van der Waals surface area contributed by atoms with Gasteiger partial charge in [0.25, 0.3) is 0 Å². The van der Waals surface area contributed by atoms with Crippen molar-refractivity contribution in [2.24, 2.45) is 5.73 Å². The summed E-state index contributed by atoms with van der Waals surface area (Å²) in [6.07, 6.45) is 3.84. The number of fused-ring (bicyclic) bond motifs is 1. The Morgan fingerprint density at radius 3 is 2.62 bits per heavy atom. The van der Waals surface area contributed by atoms with Crippen molar-refractivity contribution in [1.82, 2.24) is 14.5 Å². The Balaban J connectivity index is 1.23. The summed E-state index contributed by atoms with van der Waals surface area (Å²) >= 11 is 6.51. The summed E-state index contributed by atoms with van der Waals surface area (Å²) in [6, 6.07) is 24.5. The summed E-state index contributed by atoms with van der Waals surface area (Å²) in [7, 11) is 1.72. The number of likely N-dealkylation sites (tertiary alicyclic amines) is 1. The van der Waals surface area contributed by atoms with Crippen molar-refractivity contribution in [3.05, 3.63) is 89.2 Å². The zero-order valence-electron chi connectivity index (χ0n) is 22.6. The van der Waals surface area contributed by atoms with Crippen LogP contribution in [0.4, 0.5) is 0 Å². The van der Waals surface area contributed by atoms with E-state index in [9.17, 15) is 4.79 Å². The zero-order valence-corrected chi connectivity index (χ0v) is 23.3. The van der Waals surface area contributed by atoms with Crippen molar-refractivity contribution in [1.29, 1.82) is 0 Å². The largest absolute Gasteiger partial charge is 0.385 e. The SMILES string of the molecule is COCCCn1c([C@@H]2CCCN(C(=O)C[C@H](N)Cc3ccc(-c4ccccc4)cc3)C2)nc2c(Cl)cccc21. The van der Waals surface area contributed by atoms with Crippen LogP contribution in [0, 0.1) is 0 Å². The highest BCUT2D eigenvalue weighted by Gasteiger charge is 2.29. The van der Waals surface area contributed by atoms with Gasteiger partial charge >= 0.3 is 0 Å². The lowest BCUT2D eigenvalue weighted by Gasteiger charge is -2.33. The molecule has 5 rings (SSSR count). The van der Waals surface area contributed by atoms with Gasteiger partial charge in [-0.3, -0.25) is 4.79 Å². The maximum atomic E-state index is 13.3. The fraction of sp³-hybridized carbons (Fsp3) is 0.375. The Labute approximate surface area is 235 Å². The predicted octanol–water partition coefficient (Wildman–Crippen LogP) is 6.06. The van der Waals surface area contributed by atoms with Crippen LogP contribution in [0.25, 0.3) is 22.2 Å². The first kappa shape index (κ1) is 27.4. The number of amides is 1. The summed E-state index contributed by atoms with van der Waals surface area (Å²) < 4.78 is 7.56. The van der Waals surface area contributed by atoms with Crippen molar-refractivity contribution >= 4 is 28.5 Å². The predicted molar refractivity (Wildman–Crippen MR) is 158 cm³/mol. The maximum absolute atomic E-state index is 13.3.